The molecule has 0 aliphatic rings. The van der Waals surface area contributed by atoms with E-state index in [9.17, 15) is 4.79 Å². The first-order valence-electron chi connectivity index (χ1n) is 5.73. The Balaban J connectivity index is 2.24. The van der Waals surface area contributed by atoms with Crippen LogP contribution in [0.3, 0.4) is 0 Å². The fraction of sp³-hybridized carbons (Fsp3) is 0.231. The van der Waals surface area contributed by atoms with E-state index in [-0.39, 0.29) is 12.2 Å². The lowest BCUT2D eigenvalue weighted by Crippen LogP contribution is -2.03. The molecular weight excluding hydrogens is 328 g/mol. The second-order valence-corrected chi connectivity index (χ2v) is 4.92. The van der Waals surface area contributed by atoms with Gasteiger partial charge in [-0.05, 0) is 34.1 Å². The van der Waals surface area contributed by atoms with E-state index in [0.29, 0.717) is 16.0 Å². The van der Waals surface area contributed by atoms with E-state index < -0.39 is 5.97 Å². The van der Waals surface area contributed by atoms with E-state index in [1.165, 1.54) is 19.2 Å². The van der Waals surface area contributed by atoms with Crippen LogP contribution in [0.15, 0.2) is 28.9 Å². The summed E-state index contributed by atoms with van der Waals surface area (Å²) < 4.78 is 13.0. The lowest BCUT2D eigenvalue weighted by molar-refractivity contribution is 0.0696. The van der Waals surface area contributed by atoms with Crippen LogP contribution in [0.2, 0.25) is 0 Å². The second-order valence-electron chi connectivity index (χ2n) is 4.06. The summed E-state index contributed by atoms with van der Waals surface area (Å²) in [5, 5.41) is 13.2. The van der Waals surface area contributed by atoms with E-state index >= 15 is 0 Å². The molecule has 0 aliphatic heterocycles. The molecule has 6 nitrogen and oxygen atoms in total. The van der Waals surface area contributed by atoms with Crippen molar-refractivity contribution in [1.29, 1.82) is 0 Å². The lowest BCUT2D eigenvalue weighted by Gasteiger charge is -2.12. The number of hydrogen-bond acceptors (Lipinski definition) is 4. The van der Waals surface area contributed by atoms with Gasteiger partial charge >= 0.3 is 5.97 Å². The molecule has 0 fully saturated rings. The summed E-state index contributed by atoms with van der Waals surface area (Å²) in [5.41, 5.74) is 0.891. The Kier molecular flexibility index (Phi) is 4.29. The highest BCUT2D eigenvalue weighted by Gasteiger charge is 2.15. The van der Waals surface area contributed by atoms with E-state index in [1.54, 1.807) is 4.68 Å². The molecule has 1 aromatic carbocycles. The monoisotopic (exact) mass is 340 g/mol. The number of carbonyl (C=O) groups is 1. The molecule has 1 N–H and O–H groups in total. The van der Waals surface area contributed by atoms with Gasteiger partial charge in [0, 0.05) is 13.2 Å². The van der Waals surface area contributed by atoms with Crippen LogP contribution in [-0.4, -0.2) is 28.0 Å². The maximum Gasteiger partial charge on any atom is 0.335 e. The standard InChI is InChI=1S/C13H13BrN2O4/c1-16-4-3-9(15-16)7-20-12-10(14)5-8(13(17)18)6-11(12)19-2/h3-6H,7H2,1-2H3,(H,17,18). The lowest BCUT2D eigenvalue weighted by atomic mass is 10.2. The van der Waals surface area contributed by atoms with Gasteiger partial charge in [-0.15, -0.1) is 0 Å². The number of rotatable bonds is 5. The highest BCUT2D eigenvalue weighted by atomic mass is 79.9. The number of aromatic carboxylic acids is 1. The van der Waals surface area contributed by atoms with Crippen molar-refractivity contribution >= 4 is 21.9 Å². The number of ether oxygens (including phenoxy) is 2. The molecule has 20 heavy (non-hydrogen) atoms. The van der Waals surface area contributed by atoms with E-state index in [4.69, 9.17) is 14.6 Å². The number of nitrogens with zero attached hydrogens (tertiary/aromatic N) is 2. The molecule has 7 heteroatoms. The van der Waals surface area contributed by atoms with Gasteiger partial charge in [-0.2, -0.15) is 5.10 Å². The molecule has 0 spiro atoms. The maximum atomic E-state index is 11.0. The van der Waals surface area contributed by atoms with Crippen molar-refractivity contribution in [2.45, 2.75) is 6.61 Å². The number of carboxylic acids is 1. The van der Waals surface area contributed by atoms with Crippen molar-refractivity contribution in [2.24, 2.45) is 7.05 Å². The molecule has 2 rings (SSSR count). The molecule has 1 heterocycles. The van der Waals surface area contributed by atoms with Crippen molar-refractivity contribution in [3.63, 3.8) is 0 Å². The number of aryl methyl sites for hydroxylation is 1. The van der Waals surface area contributed by atoms with Gasteiger partial charge in [-0.25, -0.2) is 4.79 Å². The Hall–Kier alpha value is -2.02. The number of hydrogen-bond donors (Lipinski definition) is 1. The van der Waals surface area contributed by atoms with Gasteiger partial charge in [0.25, 0.3) is 0 Å². The van der Waals surface area contributed by atoms with Crippen molar-refractivity contribution < 1.29 is 19.4 Å². The summed E-state index contributed by atoms with van der Waals surface area (Å²) in [6, 6.07) is 4.73. The molecule has 0 unspecified atom stereocenters. The molecule has 0 radical (unpaired) electrons. The maximum absolute atomic E-state index is 11.0. The molecule has 0 aliphatic carbocycles. The Morgan fingerprint density at radius 2 is 2.25 bits per heavy atom. The van der Waals surface area contributed by atoms with Crippen LogP contribution in [-0.2, 0) is 13.7 Å². The molecule has 0 amide bonds. The van der Waals surface area contributed by atoms with Gasteiger partial charge in [0.1, 0.15) is 6.61 Å². The van der Waals surface area contributed by atoms with Crippen LogP contribution < -0.4 is 9.47 Å². The SMILES string of the molecule is COc1cc(C(=O)O)cc(Br)c1OCc1ccn(C)n1. The molecule has 0 saturated heterocycles. The Bertz CT molecular complexity index is 639. The van der Waals surface area contributed by atoms with Gasteiger partial charge < -0.3 is 14.6 Å². The topological polar surface area (TPSA) is 73.6 Å². The Morgan fingerprint density at radius 3 is 2.80 bits per heavy atom. The number of benzene rings is 1. The van der Waals surface area contributed by atoms with Crippen LogP contribution in [0.25, 0.3) is 0 Å². The van der Waals surface area contributed by atoms with Gasteiger partial charge in [0.15, 0.2) is 11.5 Å². The molecule has 106 valence electrons. The normalized spacial score (nSPS) is 10.3. The van der Waals surface area contributed by atoms with Crippen molar-refractivity contribution in [1.82, 2.24) is 9.78 Å². The predicted octanol–water partition coefficient (Wildman–Crippen LogP) is 2.47. The smallest absolute Gasteiger partial charge is 0.335 e. The van der Waals surface area contributed by atoms with Gasteiger partial charge in [0.05, 0.1) is 22.8 Å². The minimum absolute atomic E-state index is 0.124. The average Bonchev–Trinajstić information content (AvgIpc) is 2.82. The third kappa shape index (κ3) is 3.11. The fourth-order valence-corrected chi connectivity index (χ4v) is 2.23. The molecule has 0 bridgehead atoms. The first-order valence-corrected chi connectivity index (χ1v) is 6.52. The summed E-state index contributed by atoms with van der Waals surface area (Å²) in [4.78, 5) is 11.0. The van der Waals surface area contributed by atoms with Crippen molar-refractivity contribution in [3.05, 3.63) is 40.1 Å². The molecule has 1 aromatic heterocycles. The van der Waals surface area contributed by atoms with E-state index in [0.717, 1.165) is 5.69 Å². The van der Waals surface area contributed by atoms with Crippen LogP contribution >= 0.6 is 15.9 Å². The minimum atomic E-state index is -1.03. The average molecular weight is 341 g/mol. The van der Waals surface area contributed by atoms with Crippen LogP contribution in [0, 0.1) is 0 Å². The first-order chi connectivity index (χ1) is 9.51. The minimum Gasteiger partial charge on any atom is -0.493 e. The zero-order valence-corrected chi connectivity index (χ0v) is 12.5. The fourth-order valence-electron chi connectivity index (χ4n) is 1.67. The van der Waals surface area contributed by atoms with Crippen molar-refractivity contribution in [2.75, 3.05) is 7.11 Å². The summed E-state index contributed by atoms with van der Waals surface area (Å²) in [5.74, 6) is -0.226. The van der Waals surface area contributed by atoms with Gasteiger partial charge in [-0.1, -0.05) is 0 Å². The summed E-state index contributed by atoms with van der Waals surface area (Å²) in [6.07, 6.45) is 1.82. The number of halogens is 1. The van der Waals surface area contributed by atoms with Crippen molar-refractivity contribution in [3.8, 4) is 11.5 Å². The van der Waals surface area contributed by atoms with Gasteiger partial charge in [-0.3, -0.25) is 4.68 Å². The summed E-state index contributed by atoms with van der Waals surface area (Å²) in [7, 11) is 3.28. The van der Waals surface area contributed by atoms with Crippen LogP contribution in [0.4, 0.5) is 0 Å². The number of methoxy groups -OCH3 is 1. The number of aromatic nitrogens is 2. The Morgan fingerprint density at radius 1 is 1.50 bits per heavy atom. The zero-order chi connectivity index (χ0) is 14.7. The molecule has 2 aromatic rings. The summed E-state index contributed by atoms with van der Waals surface area (Å²) >= 11 is 3.29. The highest BCUT2D eigenvalue weighted by molar-refractivity contribution is 9.10. The zero-order valence-electron chi connectivity index (χ0n) is 11.0. The summed E-state index contributed by atoms with van der Waals surface area (Å²) in [6.45, 7) is 0.266. The quantitative estimate of drug-likeness (QED) is 0.904. The molecule has 0 saturated carbocycles. The molecule has 0 atom stereocenters. The second kappa shape index (κ2) is 5.96. The highest BCUT2D eigenvalue weighted by Crippen LogP contribution is 2.37. The first kappa shape index (κ1) is 14.4. The van der Waals surface area contributed by atoms with Crippen LogP contribution in [0.1, 0.15) is 16.1 Å². The molecular formula is C13H13BrN2O4. The largest absolute Gasteiger partial charge is 0.493 e. The van der Waals surface area contributed by atoms with Crippen LogP contribution in [0.5, 0.6) is 11.5 Å². The van der Waals surface area contributed by atoms with Gasteiger partial charge in [0.2, 0.25) is 0 Å². The predicted molar refractivity (Wildman–Crippen MR) is 75.2 cm³/mol. The number of carboxylic acid groups (broad SMARTS) is 1. The Labute approximate surface area is 124 Å². The van der Waals surface area contributed by atoms with E-state index in [1.807, 2.05) is 19.3 Å². The third-order valence-corrected chi connectivity index (χ3v) is 3.20. The third-order valence-electron chi connectivity index (χ3n) is 2.61. The van der Waals surface area contributed by atoms with E-state index in [2.05, 4.69) is 21.0 Å².